The van der Waals surface area contributed by atoms with E-state index < -0.39 is 17.5 Å². The van der Waals surface area contributed by atoms with E-state index in [9.17, 15) is 20.1 Å². The van der Waals surface area contributed by atoms with E-state index in [1.807, 2.05) is 0 Å². The number of hydrogen-bond donors (Lipinski definition) is 3. The minimum atomic E-state index is -0.604. The maximum Gasteiger partial charge on any atom is 0.309 e. The van der Waals surface area contributed by atoms with Gasteiger partial charge in [0.2, 0.25) is 0 Å². The van der Waals surface area contributed by atoms with Gasteiger partial charge in [-0.3, -0.25) is 4.79 Å². The summed E-state index contributed by atoms with van der Waals surface area (Å²) in [6.07, 6.45) is 7.38. The summed E-state index contributed by atoms with van der Waals surface area (Å²) in [6, 6.07) is 0. The number of aliphatic hydroxyl groups is 2. The Bertz CT molecular complexity index is 894. The van der Waals surface area contributed by atoms with Crippen molar-refractivity contribution in [2.75, 3.05) is 0 Å². The van der Waals surface area contributed by atoms with E-state index >= 15 is 0 Å². The van der Waals surface area contributed by atoms with Gasteiger partial charge in [0.05, 0.1) is 17.6 Å². The van der Waals surface area contributed by atoms with E-state index in [2.05, 4.69) is 48.1 Å². The lowest BCUT2D eigenvalue weighted by Gasteiger charge is -2.73. The van der Waals surface area contributed by atoms with Crippen LogP contribution in [0, 0.1) is 56.7 Å². The number of fused-ring (bicyclic) bond motifs is 7. The second-order valence-electron chi connectivity index (χ2n) is 14.7. The van der Waals surface area contributed by atoms with Crippen LogP contribution in [0.2, 0.25) is 0 Å². The van der Waals surface area contributed by atoms with Crippen molar-refractivity contribution in [3.05, 3.63) is 12.2 Å². The molecule has 0 aliphatic heterocycles. The van der Waals surface area contributed by atoms with Gasteiger partial charge in [-0.15, -0.1) is 0 Å². The van der Waals surface area contributed by atoms with Crippen LogP contribution >= 0.6 is 0 Å². The van der Waals surface area contributed by atoms with Crippen LogP contribution in [0.5, 0.6) is 0 Å². The molecule has 5 saturated carbocycles. The molecule has 5 fully saturated rings. The summed E-state index contributed by atoms with van der Waals surface area (Å²) in [6.45, 7) is 18.1. The van der Waals surface area contributed by atoms with Gasteiger partial charge in [0, 0.05) is 0 Å². The first-order valence-electron chi connectivity index (χ1n) is 13.9. The molecule has 3 N–H and O–H groups in total. The number of carboxylic acid groups (broad SMARTS) is 1. The van der Waals surface area contributed by atoms with Gasteiger partial charge >= 0.3 is 5.97 Å². The van der Waals surface area contributed by atoms with E-state index in [1.165, 1.54) is 0 Å². The summed E-state index contributed by atoms with van der Waals surface area (Å²) in [5.74, 6) is 0.807. The standard InChI is InChI=1S/C30H48O4/c1-17(2)18-10-13-30(25(33)34)15-14-28(6)19(23(18)30)8-9-21-27(5)12-11-22(32)26(3,4)24(27)20(31)16-29(21,28)7/h18-24,31-32H,1,8-16H2,2-7H3,(H,33,34). The van der Waals surface area contributed by atoms with Gasteiger partial charge in [-0.2, -0.15) is 0 Å². The van der Waals surface area contributed by atoms with Gasteiger partial charge < -0.3 is 15.3 Å². The lowest BCUT2D eigenvalue weighted by molar-refractivity contribution is -0.275. The number of rotatable bonds is 2. The molecular formula is C30H48O4. The smallest absolute Gasteiger partial charge is 0.309 e. The Balaban J connectivity index is 1.60. The van der Waals surface area contributed by atoms with Crippen LogP contribution in [0.3, 0.4) is 0 Å². The van der Waals surface area contributed by atoms with Crippen LogP contribution < -0.4 is 0 Å². The second kappa shape index (κ2) is 7.34. The first-order chi connectivity index (χ1) is 15.7. The molecule has 5 aliphatic carbocycles. The minimum absolute atomic E-state index is 0.00606. The van der Waals surface area contributed by atoms with Crippen molar-refractivity contribution in [1.82, 2.24) is 0 Å². The molecule has 0 radical (unpaired) electrons. The molecule has 4 nitrogen and oxygen atoms in total. The van der Waals surface area contributed by atoms with Crippen molar-refractivity contribution in [2.45, 2.75) is 112 Å². The van der Waals surface area contributed by atoms with Gasteiger partial charge in [-0.05, 0) is 116 Å². The average molecular weight is 473 g/mol. The van der Waals surface area contributed by atoms with Gasteiger partial charge in [0.15, 0.2) is 0 Å². The molecule has 0 aromatic carbocycles. The maximum atomic E-state index is 12.8. The zero-order chi connectivity index (χ0) is 25.1. The van der Waals surface area contributed by atoms with E-state index in [0.29, 0.717) is 17.8 Å². The monoisotopic (exact) mass is 472 g/mol. The van der Waals surface area contributed by atoms with E-state index in [0.717, 1.165) is 63.4 Å². The molecule has 5 aliphatic rings. The number of allylic oxidation sites excluding steroid dienone is 1. The third kappa shape index (κ3) is 2.76. The summed E-state index contributed by atoms with van der Waals surface area (Å²) < 4.78 is 0. The number of aliphatic carboxylic acids is 1. The Morgan fingerprint density at radius 3 is 2.18 bits per heavy atom. The fraction of sp³-hybridized carbons (Fsp3) is 0.900. The lowest BCUT2D eigenvalue weighted by atomic mass is 9.32. The molecule has 192 valence electrons. The van der Waals surface area contributed by atoms with Gasteiger partial charge in [-0.25, -0.2) is 0 Å². The van der Waals surface area contributed by atoms with Crippen LogP contribution in [0.4, 0.5) is 0 Å². The van der Waals surface area contributed by atoms with Crippen LogP contribution in [0.1, 0.15) is 99.3 Å². The highest BCUT2D eigenvalue weighted by molar-refractivity contribution is 5.76. The summed E-state index contributed by atoms with van der Waals surface area (Å²) in [5, 5.41) is 33.2. The zero-order valence-electron chi connectivity index (χ0n) is 22.4. The molecule has 0 aromatic rings. The number of carboxylic acids is 1. The van der Waals surface area contributed by atoms with Crippen LogP contribution in [-0.4, -0.2) is 33.5 Å². The Kier molecular flexibility index (Phi) is 5.36. The van der Waals surface area contributed by atoms with E-state index in [4.69, 9.17) is 0 Å². The first kappa shape index (κ1) is 24.8. The fourth-order valence-corrected chi connectivity index (χ4v) is 11.7. The number of hydrogen-bond acceptors (Lipinski definition) is 3. The number of carbonyl (C=O) groups is 1. The van der Waals surface area contributed by atoms with Crippen molar-refractivity contribution in [3.8, 4) is 0 Å². The van der Waals surface area contributed by atoms with Crippen molar-refractivity contribution >= 4 is 5.97 Å². The van der Waals surface area contributed by atoms with Crippen molar-refractivity contribution in [3.63, 3.8) is 0 Å². The quantitative estimate of drug-likeness (QED) is 0.427. The van der Waals surface area contributed by atoms with Gasteiger partial charge in [0.25, 0.3) is 0 Å². The molecule has 0 amide bonds. The topological polar surface area (TPSA) is 77.8 Å². The lowest BCUT2D eigenvalue weighted by Crippen LogP contribution is -2.70. The minimum Gasteiger partial charge on any atom is -0.481 e. The highest BCUT2D eigenvalue weighted by atomic mass is 16.4. The van der Waals surface area contributed by atoms with Crippen molar-refractivity contribution in [2.24, 2.45) is 56.7 Å². The Hall–Kier alpha value is -0.870. The Morgan fingerprint density at radius 2 is 1.56 bits per heavy atom. The van der Waals surface area contributed by atoms with Gasteiger partial charge in [0.1, 0.15) is 0 Å². The van der Waals surface area contributed by atoms with Crippen LogP contribution in [0.15, 0.2) is 12.2 Å². The molecule has 0 spiro atoms. The predicted octanol–water partition coefficient (Wildman–Crippen LogP) is 6.06. The van der Waals surface area contributed by atoms with Crippen LogP contribution in [0.25, 0.3) is 0 Å². The van der Waals surface area contributed by atoms with E-state index in [-0.39, 0.29) is 39.6 Å². The maximum absolute atomic E-state index is 12.8. The van der Waals surface area contributed by atoms with E-state index in [1.54, 1.807) is 0 Å². The predicted molar refractivity (Wildman–Crippen MR) is 134 cm³/mol. The summed E-state index contributed by atoms with van der Waals surface area (Å²) in [7, 11) is 0. The van der Waals surface area contributed by atoms with Gasteiger partial charge in [-0.1, -0.05) is 46.8 Å². The Labute approximate surface area is 206 Å². The highest BCUT2D eigenvalue weighted by Gasteiger charge is 2.73. The third-order valence-electron chi connectivity index (χ3n) is 13.4. The third-order valence-corrected chi connectivity index (χ3v) is 13.4. The molecule has 11 unspecified atom stereocenters. The molecule has 34 heavy (non-hydrogen) atoms. The molecule has 11 atom stereocenters. The SMILES string of the molecule is C=C(C)C1CCC2(C(=O)O)CCC3(C)C(CCC4C5(C)CCC(O)C(C)(C)C5C(O)CC43C)C12. The molecule has 5 rings (SSSR count). The zero-order valence-corrected chi connectivity index (χ0v) is 22.4. The fourth-order valence-electron chi connectivity index (χ4n) is 11.7. The molecular weight excluding hydrogens is 424 g/mol. The Morgan fingerprint density at radius 1 is 0.882 bits per heavy atom. The van der Waals surface area contributed by atoms with Crippen molar-refractivity contribution < 1.29 is 20.1 Å². The summed E-state index contributed by atoms with van der Waals surface area (Å²) in [4.78, 5) is 12.8. The molecule has 0 bridgehead atoms. The van der Waals surface area contributed by atoms with Crippen LogP contribution in [-0.2, 0) is 4.79 Å². The largest absolute Gasteiger partial charge is 0.481 e. The average Bonchev–Trinajstić information content (AvgIpc) is 3.13. The first-order valence-corrected chi connectivity index (χ1v) is 13.9. The molecule has 0 heterocycles. The normalized spacial score (nSPS) is 55.9. The molecule has 0 saturated heterocycles. The molecule has 4 heteroatoms. The summed E-state index contributed by atoms with van der Waals surface area (Å²) in [5.41, 5.74) is 0.219. The van der Waals surface area contributed by atoms with Crippen molar-refractivity contribution in [1.29, 1.82) is 0 Å². The number of aliphatic hydroxyl groups excluding tert-OH is 2. The highest BCUT2D eigenvalue weighted by Crippen LogP contribution is 2.77. The summed E-state index contributed by atoms with van der Waals surface area (Å²) >= 11 is 0. The molecule has 0 aromatic heterocycles. The second-order valence-corrected chi connectivity index (χ2v) is 14.7.